The Morgan fingerprint density at radius 2 is 1.18 bits per heavy atom. The first-order chi connectivity index (χ1) is 32.9. The van der Waals surface area contributed by atoms with Crippen LogP contribution in [0.4, 0.5) is 0 Å². The lowest BCUT2D eigenvalue weighted by Crippen LogP contribution is -2.28. The van der Waals surface area contributed by atoms with E-state index in [9.17, 15) is 4.79 Å². The summed E-state index contributed by atoms with van der Waals surface area (Å²) in [6.07, 6.45) is 12.4. The fraction of sp³-hybridized carbons (Fsp3) is 0.196. The summed E-state index contributed by atoms with van der Waals surface area (Å²) in [7, 11) is 6.59. The molecule has 11 nitrogen and oxygen atoms in total. The van der Waals surface area contributed by atoms with Crippen LogP contribution in [0.3, 0.4) is 0 Å². The van der Waals surface area contributed by atoms with Crippen LogP contribution in [-0.4, -0.2) is 47.4 Å². The average Bonchev–Trinajstić information content (AvgIpc) is 4.09. The van der Waals surface area contributed by atoms with E-state index >= 15 is 0 Å². The number of fused-ring (bicyclic) bond motifs is 3. The lowest BCUT2D eigenvalue weighted by molar-refractivity contribution is -0.116. The van der Waals surface area contributed by atoms with Gasteiger partial charge >= 0.3 is 0 Å². The lowest BCUT2D eigenvalue weighted by Gasteiger charge is -2.26. The normalized spacial score (nSPS) is 13.2. The van der Waals surface area contributed by atoms with E-state index in [2.05, 4.69) is 47.1 Å². The molecular weight excluding hydrogens is 845 g/mol. The maximum absolute atomic E-state index is 12.3. The molecule has 67 heavy (non-hydrogen) atoms. The van der Waals surface area contributed by atoms with Gasteiger partial charge in [0.25, 0.3) is 0 Å². The molecule has 342 valence electrons. The number of methoxy groups -OCH3 is 4. The summed E-state index contributed by atoms with van der Waals surface area (Å²) in [4.78, 5) is 12.3. The van der Waals surface area contributed by atoms with Crippen LogP contribution in [0.1, 0.15) is 45.0 Å². The highest BCUT2D eigenvalue weighted by atomic mass is 16.5. The Morgan fingerprint density at radius 3 is 1.78 bits per heavy atom. The van der Waals surface area contributed by atoms with Gasteiger partial charge in [0.1, 0.15) is 35.9 Å². The van der Waals surface area contributed by atoms with Crippen molar-refractivity contribution in [3.63, 3.8) is 0 Å². The third-order valence-corrected chi connectivity index (χ3v) is 11.5. The molecule has 0 radical (unpaired) electrons. The second-order valence-electron chi connectivity index (χ2n) is 15.7. The zero-order valence-electron chi connectivity index (χ0n) is 38.1. The molecule has 1 aliphatic heterocycles. The number of amides is 1. The smallest absolute Gasteiger partial charge is 0.244 e. The zero-order valence-corrected chi connectivity index (χ0v) is 38.1. The van der Waals surface area contributed by atoms with E-state index in [-0.39, 0.29) is 11.9 Å². The minimum Gasteiger partial charge on any atom is -0.496 e. The topological polar surface area (TPSA) is 123 Å². The first kappa shape index (κ1) is 45.7. The number of benzene rings is 6. The summed E-state index contributed by atoms with van der Waals surface area (Å²) >= 11 is 0. The van der Waals surface area contributed by atoms with Crippen molar-refractivity contribution in [2.24, 2.45) is 0 Å². The Hall–Kier alpha value is -7.89. The number of hydrogen-bond acceptors (Lipinski definition) is 10. The number of carbonyl (C=O) groups is 1. The van der Waals surface area contributed by atoms with Gasteiger partial charge in [-0.05, 0) is 107 Å². The van der Waals surface area contributed by atoms with E-state index in [1.165, 1.54) is 17.2 Å². The van der Waals surface area contributed by atoms with E-state index in [1.807, 2.05) is 103 Å². The Morgan fingerprint density at radius 1 is 0.612 bits per heavy atom. The van der Waals surface area contributed by atoms with Crippen LogP contribution in [0.5, 0.6) is 34.5 Å². The fourth-order valence-electron chi connectivity index (χ4n) is 7.99. The zero-order chi connectivity index (χ0) is 46.4. The van der Waals surface area contributed by atoms with Crippen molar-refractivity contribution in [1.29, 1.82) is 0 Å². The Labute approximate surface area is 390 Å². The van der Waals surface area contributed by atoms with Crippen molar-refractivity contribution in [3.05, 3.63) is 191 Å². The quantitative estimate of drug-likeness (QED) is 0.0854. The minimum atomic E-state index is -0.176. The molecule has 9 rings (SSSR count). The molecule has 0 saturated heterocycles. The summed E-state index contributed by atoms with van der Waals surface area (Å²) in [6, 6.07) is 41.7. The second-order valence-corrected chi connectivity index (χ2v) is 15.7. The van der Waals surface area contributed by atoms with E-state index in [0.29, 0.717) is 43.3 Å². The first-order valence-corrected chi connectivity index (χ1v) is 22.1. The standard InChI is InChI=1S/C28H27NO5.C28H27NO4/c1-31-24-12-9-22(28-23(24)15-17-33-28)10-13-27(30)29-16-14-20-8-11-25(32-2)26(18-20)34-19-21-6-4-3-5-7-21;1-30-25-11-9-20(28-22(25)13-15-32-28)8-10-24-23-17-26(31-2)27(16-21(23)12-14-29-24)33-18-19-6-4-3-5-7-19/h3-13,15,17-18H,14,16,19H2,1-2H3,(H,29,30);3-11,13,15-17,24,29H,12,14,18H2,1-2H3/b13-10+;10-8+. The summed E-state index contributed by atoms with van der Waals surface area (Å²) in [6.45, 7) is 2.35. The summed E-state index contributed by atoms with van der Waals surface area (Å²) in [5, 5.41) is 8.36. The molecule has 1 amide bonds. The highest BCUT2D eigenvalue weighted by Gasteiger charge is 2.22. The molecule has 0 saturated carbocycles. The molecular formula is C56H54N2O9. The van der Waals surface area contributed by atoms with Gasteiger partial charge in [-0.15, -0.1) is 0 Å². The van der Waals surface area contributed by atoms with E-state index in [0.717, 1.165) is 80.1 Å². The molecule has 2 aromatic heterocycles. The first-order valence-electron chi connectivity index (χ1n) is 22.1. The molecule has 6 aromatic carbocycles. The maximum atomic E-state index is 12.3. The van der Waals surface area contributed by atoms with Gasteiger partial charge in [-0.3, -0.25) is 4.79 Å². The van der Waals surface area contributed by atoms with Crippen molar-refractivity contribution >= 4 is 40.0 Å². The molecule has 11 heteroatoms. The molecule has 0 bridgehead atoms. The van der Waals surface area contributed by atoms with Gasteiger partial charge in [-0.2, -0.15) is 0 Å². The van der Waals surface area contributed by atoms with E-state index in [4.69, 9.17) is 37.3 Å². The number of rotatable bonds is 17. The molecule has 2 N–H and O–H groups in total. The summed E-state index contributed by atoms with van der Waals surface area (Å²) < 4.78 is 45.3. The van der Waals surface area contributed by atoms with Gasteiger partial charge in [0.05, 0.1) is 57.8 Å². The SMILES string of the molecule is COc1cc2c(cc1OCc1ccccc1)CCNC2/C=C/c1ccc(OC)c2ccoc12.COc1ccc(CCNC(=O)/C=C/c2ccc(OC)c3ccoc23)cc1OCc1ccccc1. The molecule has 0 spiro atoms. The number of ether oxygens (including phenoxy) is 6. The number of carbonyl (C=O) groups excluding carboxylic acids is 1. The van der Waals surface area contributed by atoms with Crippen LogP contribution in [0.2, 0.25) is 0 Å². The van der Waals surface area contributed by atoms with Crippen LogP contribution >= 0.6 is 0 Å². The summed E-state index contributed by atoms with van der Waals surface area (Å²) in [5.74, 6) is 4.24. The van der Waals surface area contributed by atoms with Crippen LogP contribution in [-0.2, 0) is 30.8 Å². The number of furan rings is 2. The molecule has 0 fully saturated rings. The molecule has 1 unspecified atom stereocenters. The van der Waals surface area contributed by atoms with Crippen molar-refractivity contribution in [2.45, 2.75) is 32.1 Å². The lowest BCUT2D eigenvalue weighted by atomic mass is 9.93. The van der Waals surface area contributed by atoms with Crippen molar-refractivity contribution in [3.8, 4) is 34.5 Å². The van der Waals surface area contributed by atoms with E-state index in [1.54, 1.807) is 47.0 Å². The predicted octanol–water partition coefficient (Wildman–Crippen LogP) is 11.3. The maximum Gasteiger partial charge on any atom is 0.244 e. The molecule has 1 atom stereocenters. The van der Waals surface area contributed by atoms with Gasteiger partial charge in [0, 0.05) is 30.3 Å². The number of hydrogen-bond donors (Lipinski definition) is 2. The van der Waals surface area contributed by atoms with Gasteiger partial charge in [-0.25, -0.2) is 0 Å². The van der Waals surface area contributed by atoms with Crippen molar-refractivity contribution in [2.75, 3.05) is 41.5 Å². The van der Waals surface area contributed by atoms with Crippen molar-refractivity contribution < 1.29 is 42.1 Å². The highest BCUT2D eigenvalue weighted by molar-refractivity contribution is 5.96. The van der Waals surface area contributed by atoms with Crippen LogP contribution < -0.4 is 39.1 Å². The Bertz CT molecular complexity index is 2950. The van der Waals surface area contributed by atoms with E-state index < -0.39 is 0 Å². The van der Waals surface area contributed by atoms with Gasteiger partial charge in [0.15, 0.2) is 23.0 Å². The Kier molecular flexibility index (Phi) is 15.2. The van der Waals surface area contributed by atoms with Crippen LogP contribution in [0.25, 0.3) is 34.1 Å². The molecule has 1 aliphatic rings. The second kappa shape index (κ2) is 22.3. The van der Waals surface area contributed by atoms with Gasteiger partial charge in [0.2, 0.25) is 5.91 Å². The average molecular weight is 899 g/mol. The number of nitrogens with one attached hydrogen (secondary N) is 2. The fourth-order valence-corrected chi connectivity index (χ4v) is 7.99. The third-order valence-electron chi connectivity index (χ3n) is 11.5. The largest absolute Gasteiger partial charge is 0.496 e. The van der Waals surface area contributed by atoms with Crippen LogP contribution in [0, 0.1) is 0 Å². The molecule has 0 aliphatic carbocycles. The molecule has 8 aromatic rings. The predicted molar refractivity (Wildman–Crippen MR) is 262 cm³/mol. The minimum absolute atomic E-state index is 0.0675. The van der Waals surface area contributed by atoms with Gasteiger partial charge < -0.3 is 47.9 Å². The molecule has 3 heterocycles. The third kappa shape index (κ3) is 11.3. The van der Waals surface area contributed by atoms with Crippen molar-refractivity contribution in [1.82, 2.24) is 10.6 Å². The summed E-state index contributed by atoms with van der Waals surface area (Å²) in [5.41, 5.74) is 9.05. The van der Waals surface area contributed by atoms with Crippen LogP contribution in [0.15, 0.2) is 161 Å². The van der Waals surface area contributed by atoms with Gasteiger partial charge in [-0.1, -0.05) is 78.9 Å². The monoisotopic (exact) mass is 898 g/mol. The highest BCUT2D eigenvalue weighted by Crippen LogP contribution is 2.38. The Balaban J connectivity index is 0.000000182.